The van der Waals surface area contributed by atoms with Crippen molar-refractivity contribution in [2.24, 2.45) is 0 Å². The molecule has 0 atom stereocenters. The molecule has 1 aliphatic heterocycles. The molecule has 0 unspecified atom stereocenters. The van der Waals surface area contributed by atoms with Gasteiger partial charge in [0.25, 0.3) is 5.91 Å². The third kappa shape index (κ3) is 4.00. The van der Waals surface area contributed by atoms with E-state index in [1.807, 2.05) is 6.07 Å². The van der Waals surface area contributed by atoms with Crippen LogP contribution in [-0.2, 0) is 4.79 Å². The number of aromatic nitrogens is 2. The average molecular weight is 354 g/mol. The lowest BCUT2D eigenvalue weighted by Gasteiger charge is -2.32. The minimum absolute atomic E-state index is 0.0541. The van der Waals surface area contributed by atoms with Crippen LogP contribution < -0.4 is 4.74 Å². The van der Waals surface area contributed by atoms with E-state index in [9.17, 15) is 9.59 Å². The van der Waals surface area contributed by atoms with Crippen LogP contribution in [0.15, 0.2) is 36.7 Å². The van der Waals surface area contributed by atoms with E-state index in [0.717, 1.165) is 0 Å². The molecule has 0 bridgehead atoms. The summed E-state index contributed by atoms with van der Waals surface area (Å²) in [6, 6.07) is 8.72. The minimum Gasteiger partial charge on any atom is -0.484 e. The van der Waals surface area contributed by atoms with Crippen molar-refractivity contribution in [2.45, 2.75) is 18.9 Å². The van der Waals surface area contributed by atoms with Crippen LogP contribution in [0, 0.1) is 11.3 Å². The summed E-state index contributed by atoms with van der Waals surface area (Å²) in [6.07, 6.45) is 4.29. The van der Waals surface area contributed by atoms with Crippen LogP contribution in [0.1, 0.15) is 34.8 Å². The van der Waals surface area contributed by atoms with E-state index in [-0.39, 0.29) is 24.1 Å². The maximum Gasteiger partial charge on any atom is 0.338 e. The maximum atomic E-state index is 12.3. The number of carbonyl (C=O) groups is 2. The van der Waals surface area contributed by atoms with Gasteiger partial charge in [0.05, 0.1) is 29.4 Å². The van der Waals surface area contributed by atoms with E-state index in [0.29, 0.717) is 37.2 Å². The Morgan fingerprint density at radius 3 is 2.54 bits per heavy atom. The van der Waals surface area contributed by atoms with Crippen molar-refractivity contribution in [3.05, 3.63) is 47.8 Å². The summed E-state index contributed by atoms with van der Waals surface area (Å²) in [5.74, 6) is -0.548. The number of aromatic carboxylic acids is 1. The first kappa shape index (κ1) is 17.5. The number of hydrogen-bond donors (Lipinski definition) is 1. The van der Waals surface area contributed by atoms with Gasteiger partial charge in [0.1, 0.15) is 5.75 Å². The highest BCUT2D eigenvalue weighted by Crippen LogP contribution is 2.22. The van der Waals surface area contributed by atoms with E-state index < -0.39 is 5.97 Å². The zero-order valence-electron chi connectivity index (χ0n) is 14.0. The Balaban J connectivity index is 1.48. The van der Waals surface area contributed by atoms with E-state index >= 15 is 0 Å². The lowest BCUT2D eigenvalue weighted by molar-refractivity contribution is -0.134. The van der Waals surface area contributed by atoms with Gasteiger partial charge in [-0.1, -0.05) is 0 Å². The molecule has 1 aliphatic rings. The zero-order chi connectivity index (χ0) is 18.5. The summed E-state index contributed by atoms with van der Waals surface area (Å²) in [5, 5.41) is 21.8. The quantitative estimate of drug-likeness (QED) is 0.875. The molecule has 1 saturated heterocycles. The van der Waals surface area contributed by atoms with E-state index in [1.54, 1.807) is 33.8 Å². The average Bonchev–Trinajstić information content (AvgIpc) is 3.17. The Kier molecular flexibility index (Phi) is 5.17. The van der Waals surface area contributed by atoms with Crippen LogP contribution in [0.3, 0.4) is 0 Å². The molecular formula is C18H18N4O4. The van der Waals surface area contributed by atoms with Crippen molar-refractivity contribution in [3.63, 3.8) is 0 Å². The predicted octanol–water partition coefficient (Wildman–Crippen LogP) is 1.70. The first-order valence-electron chi connectivity index (χ1n) is 8.25. The van der Waals surface area contributed by atoms with Gasteiger partial charge in [0.2, 0.25) is 0 Å². The SMILES string of the molecule is N#Cc1ccc(OCC(=O)N2CCC(n3cc(C(=O)O)cn3)CC2)cc1. The molecule has 134 valence electrons. The third-order valence-electron chi connectivity index (χ3n) is 4.39. The number of piperidine rings is 1. The second kappa shape index (κ2) is 7.70. The number of carboxylic acid groups (broad SMARTS) is 1. The summed E-state index contributed by atoms with van der Waals surface area (Å²) in [7, 11) is 0. The van der Waals surface area contributed by atoms with Crippen LogP contribution in [-0.4, -0.2) is 51.4 Å². The molecule has 26 heavy (non-hydrogen) atoms. The summed E-state index contributed by atoms with van der Waals surface area (Å²) >= 11 is 0. The molecule has 0 saturated carbocycles. The van der Waals surface area contributed by atoms with Crippen molar-refractivity contribution in [2.75, 3.05) is 19.7 Å². The highest BCUT2D eigenvalue weighted by atomic mass is 16.5. The summed E-state index contributed by atoms with van der Waals surface area (Å²) in [6.45, 7) is 1.09. The Morgan fingerprint density at radius 1 is 1.27 bits per heavy atom. The number of carboxylic acids is 1. The molecule has 3 rings (SSSR count). The van der Waals surface area contributed by atoms with Crippen LogP contribution >= 0.6 is 0 Å². The molecule has 8 heteroatoms. The Bertz CT molecular complexity index is 830. The van der Waals surface area contributed by atoms with Crippen LogP contribution in [0.5, 0.6) is 5.75 Å². The zero-order valence-corrected chi connectivity index (χ0v) is 14.0. The summed E-state index contributed by atoms with van der Waals surface area (Å²) < 4.78 is 7.14. The van der Waals surface area contributed by atoms with Gasteiger partial charge in [0.15, 0.2) is 6.61 Å². The number of benzene rings is 1. The molecule has 2 aromatic rings. The van der Waals surface area contributed by atoms with E-state index in [4.69, 9.17) is 15.1 Å². The third-order valence-corrected chi connectivity index (χ3v) is 4.39. The number of likely N-dealkylation sites (tertiary alicyclic amines) is 1. The van der Waals surface area contributed by atoms with Crippen molar-refractivity contribution in [3.8, 4) is 11.8 Å². The number of carbonyl (C=O) groups excluding carboxylic acids is 1. The maximum absolute atomic E-state index is 12.3. The molecule has 0 aliphatic carbocycles. The molecule has 0 radical (unpaired) electrons. The highest BCUT2D eigenvalue weighted by molar-refractivity contribution is 5.86. The van der Waals surface area contributed by atoms with Gasteiger partial charge in [0, 0.05) is 19.3 Å². The monoisotopic (exact) mass is 354 g/mol. The van der Waals surface area contributed by atoms with Crippen molar-refractivity contribution < 1.29 is 19.4 Å². The summed E-state index contributed by atoms with van der Waals surface area (Å²) in [4.78, 5) is 24.9. The molecule has 0 spiro atoms. The van der Waals surface area contributed by atoms with Gasteiger partial charge in [-0.15, -0.1) is 0 Å². The van der Waals surface area contributed by atoms with Crippen molar-refractivity contribution >= 4 is 11.9 Å². The fourth-order valence-corrected chi connectivity index (χ4v) is 2.89. The van der Waals surface area contributed by atoms with Crippen LogP contribution in [0.2, 0.25) is 0 Å². The first-order chi connectivity index (χ1) is 12.6. The van der Waals surface area contributed by atoms with Crippen LogP contribution in [0.25, 0.3) is 0 Å². The van der Waals surface area contributed by atoms with E-state index in [2.05, 4.69) is 5.10 Å². The first-order valence-corrected chi connectivity index (χ1v) is 8.25. The van der Waals surface area contributed by atoms with Gasteiger partial charge >= 0.3 is 5.97 Å². The smallest absolute Gasteiger partial charge is 0.338 e. The van der Waals surface area contributed by atoms with Crippen molar-refractivity contribution in [1.82, 2.24) is 14.7 Å². The van der Waals surface area contributed by atoms with Gasteiger partial charge in [-0.2, -0.15) is 10.4 Å². The molecule has 1 amide bonds. The van der Waals surface area contributed by atoms with Gasteiger partial charge in [-0.05, 0) is 37.1 Å². The second-order valence-electron chi connectivity index (χ2n) is 6.05. The largest absolute Gasteiger partial charge is 0.484 e. The topological polar surface area (TPSA) is 108 Å². The fourth-order valence-electron chi connectivity index (χ4n) is 2.89. The van der Waals surface area contributed by atoms with Gasteiger partial charge in [-0.25, -0.2) is 4.79 Å². The number of amides is 1. The van der Waals surface area contributed by atoms with Gasteiger partial charge in [-0.3, -0.25) is 9.48 Å². The number of hydrogen-bond acceptors (Lipinski definition) is 5. The standard InChI is InChI=1S/C18H18N4O4/c19-9-13-1-3-16(4-2-13)26-12-17(23)21-7-5-15(6-8-21)22-11-14(10-20-22)18(24)25/h1-4,10-11,15H,5-8,12H2,(H,24,25). The van der Waals surface area contributed by atoms with Crippen LogP contribution in [0.4, 0.5) is 0 Å². The fraction of sp³-hybridized carbons (Fsp3) is 0.333. The van der Waals surface area contributed by atoms with E-state index in [1.165, 1.54) is 12.4 Å². The normalized spacial score (nSPS) is 14.7. The molecule has 2 heterocycles. The molecule has 1 aromatic carbocycles. The number of rotatable bonds is 5. The lowest BCUT2D eigenvalue weighted by atomic mass is 10.1. The number of nitriles is 1. The number of nitrogens with zero attached hydrogens (tertiary/aromatic N) is 4. The molecule has 1 fully saturated rings. The molecular weight excluding hydrogens is 336 g/mol. The minimum atomic E-state index is -0.996. The summed E-state index contributed by atoms with van der Waals surface area (Å²) in [5.41, 5.74) is 0.703. The molecule has 8 nitrogen and oxygen atoms in total. The van der Waals surface area contributed by atoms with Gasteiger partial charge < -0.3 is 14.7 Å². The Morgan fingerprint density at radius 2 is 1.96 bits per heavy atom. The lowest BCUT2D eigenvalue weighted by Crippen LogP contribution is -2.41. The second-order valence-corrected chi connectivity index (χ2v) is 6.05. The Labute approximate surface area is 150 Å². The number of ether oxygens (including phenoxy) is 1. The molecule has 1 N–H and O–H groups in total. The highest BCUT2D eigenvalue weighted by Gasteiger charge is 2.25. The Hall–Kier alpha value is -3.34. The van der Waals surface area contributed by atoms with Crippen molar-refractivity contribution in [1.29, 1.82) is 5.26 Å². The predicted molar refractivity (Wildman–Crippen MR) is 90.7 cm³/mol. The molecule has 1 aromatic heterocycles.